The molecule has 0 saturated carbocycles. The lowest BCUT2D eigenvalue weighted by Crippen LogP contribution is -2.20. The van der Waals surface area contributed by atoms with Gasteiger partial charge in [-0.2, -0.15) is 5.10 Å². The van der Waals surface area contributed by atoms with E-state index in [1.165, 1.54) is 4.88 Å². The molecule has 0 atom stereocenters. The summed E-state index contributed by atoms with van der Waals surface area (Å²) in [6.07, 6.45) is 0. The highest BCUT2D eigenvalue weighted by molar-refractivity contribution is 7.16. The van der Waals surface area contributed by atoms with Gasteiger partial charge in [0.15, 0.2) is 5.82 Å². The van der Waals surface area contributed by atoms with Gasteiger partial charge in [-0.1, -0.05) is 11.6 Å². The molecule has 0 aliphatic carbocycles. The molecular weight excluding hydrogens is 268 g/mol. The van der Waals surface area contributed by atoms with Crippen molar-refractivity contribution < 1.29 is 0 Å². The number of anilines is 2. The maximum Gasteiger partial charge on any atom is 0.150 e. The number of hydrogen-bond donors (Lipinski definition) is 1. The Balaban J connectivity index is 2.25. The van der Waals surface area contributed by atoms with Gasteiger partial charge in [0.25, 0.3) is 0 Å². The molecule has 0 aromatic carbocycles. The molecule has 6 heteroatoms. The fourth-order valence-electron chi connectivity index (χ4n) is 1.95. The Kier molecular flexibility index (Phi) is 3.82. The number of hydrogen-bond acceptors (Lipinski definition) is 4. The lowest BCUT2D eigenvalue weighted by Gasteiger charge is -2.20. The number of rotatable bonds is 4. The van der Waals surface area contributed by atoms with Crippen LogP contribution in [0.25, 0.3) is 0 Å². The summed E-state index contributed by atoms with van der Waals surface area (Å²) in [5, 5.41) is 4.42. The van der Waals surface area contributed by atoms with Gasteiger partial charge in [-0.3, -0.25) is 0 Å². The molecule has 98 valence electrons. The van der Waals surface area contributed by atoms with Crippen LogP contribution < -0.4 is 10.6 Å². The Hall–Kier alpha value is -1.20. The van der Waals surface area contributed by atoms with Gasteiger partial charge in [0.05, 0.1) is 22.3 Å². The molecule has 0 spiro atoms. The van der Waals surface area contributed by atoms with Crippen LogP contribution >= 0.6 is 22.9 Å². The Morgan fingerprint density at radius 2 is 2.22 bits per heavy atom. The van der Waals surface area contributed by atoms with E-state index in [0.29, 0.717) is 0 Å². The number of aryl methyl sites for hydroxylation is 2. The predicted octanol–water partition coefficient (Wildman–Crippen LogP) is 3.14. The van der Waals surface area contributed by atoms with E-state index in [4.69, 9.17) is 17.3 Å². The third kappa shape index (κ3) is 2.47. The van der Waals surface area contributed by atoms with E-state index in [0.717, 1.165) is 34.6 Å². The third-order valence-corrected chi connectivity index (χ3v) is 4.04. The number of thiophene rings is 1. The first-order valence-electron chi connectivity index (χ1n) is 5.81. The van der Waals surface area contributed by atoms with Crippen LogP contribution in [0, 0.1) is 6.92 Å². The van der Waals surface area contributed by atoms with Crippen LogP contribution in [0.1, 0.15) is 17.5 Å². The molecular formula is C12H17ClN4S. The summed E-state index contributed by atoms with van der Waals surface area (Å²) in [6.45, 7) is 5.59. The van der Waals surface area contributed by atoms with Crippen LogP contribution in [0.15, 0.2) is 12.1 Å². The fraction of sp³-hybridized carbons (Fsp3) is 0.417. The highest BCUT2D eigenvalue weighted by Crippen LogP contribution is 2.29. The van der Waals surface area contributed by atoms with Crippen LogP contribution in [0.3, 0.4) is 0 Å². The molecule has 0 bridgehead atoms. The SMILES string of the molecule is CCn1nc(C)c(N)c1N(C)Cc1ccc(Cl)s1. The van der Waals surface area contributed by atoms with Gasteiger partial charge in [0.1, 0.15) is 0 Å². The zero-order chi connectivity index (χ0) is 13.3. The maximum atomic E-state index is 6.09. The highest BCUT2D eigenvalue weighted by atomic mass is 35.5. The van der Waals surface area contributed by atoms with E-state index >= 15 is 0 Å². The van der Waals surface area contributed by atoms with Gasteiger partial charge >= 0.3 is 0 Å². The van der Waals surface area contributed by atoms with E-state index in [-0.39, 0.29) is 0 Å². The molecule has 0 aliphatic heterocycles. The number of aromatic nitrogens is 2. The number of halogens is 1. The number of nitrogen functional groups attached to an aromatic ring is 1. The summed E-state index contributed by atoms with van der Waals surface area (Å²) in [7, 11) is 2.02. The molecule has 4 nitrogen and oxygen atoms in total. The van der Waals surface area contributed by atoms with Crippen molar-refractivity contribution in [1.82, 2.24) is 9.78 Å². The minimum atomic E-state index is 0.752. The average molecular weight is 285 g/mol. The van der Waals surface area contributed by atoms with Crippen molar-refractivity contribution in [2.24, 2.45) is 0 Å². The molecule has 0 fully saturated rings. The highest BCUT2D eigenvalue weighted by Gasteiger charge is 2.16. The first kappa shape index (κ1) is 13.2. The summed E-state index contributed by atoms with van der Waals surface area (Å²) >= 11 is 7.53. The zero-order valence-electron chi connectivity index (χ0n) is 10.8. The van der Waals surface area contributed by atoms with E-state index < -0.39 is 0 Å². The lowest BCUT2D eigenvalue weighted by molar-refractivity contribution is 0.641. The molecule has 2 aromatic heterocycles. The predicted molar refractivity (Wildman–Crippen MR) is 78.5 cm³/mol. The maximum absolute atomic E-state index is 6.09. The molecule has 18 heavy (non-hydrogen) atoms. The standard InChI is InChI=1S/C12H17ClN4S/c1-4-17-12(11(14)8(2)15-17)16(3)7-9-5-6-10(13)18-9/h5-6H,4,7,14H2,1-3H3. The third-order valence-electron chi connectivity index (χ3n) is 2.83. The van der Waals surface area contributed by atoms with E-state index in [1.807, 2.05) is 30.8 Å². The van der Waals surface area contributed by atoms with E-state index in [9.17, 15) is 0 Å². The molecule has 0 radical (unpaired) electrons. The Labute approximate surface area is 116 Å². The fourth-order valence-corrected chi connectivity index (χ4v) is 3.09. The van der Waals surface area contributed by atoms with Gasteiger partial charge < -0.3 is 10.6 Å². The van der Waals surface area contributed by atoms with Crippen molar-refractivity contribution in [3.05, 3.63) is 27.0 Å². The molecule has 0 unspecified atom stereocenters. The summed E-state index contributed by atoms with van der Waals surface area (Å²) in [5.41, 5.74) is 7.72. The van der Waals surface area contributed by atoms with Crippen molar-refractivity contribution in [2.45, 2.75) is 26.9 Å². The normalized spacial score (nSPS) is 10.9. The molecule has 2 rings (SSSR count). The molecule has 2 aromatic rings. The molecule has 2 N–H and O–H groups in total. The van der Waals surface area contributed by atoms with E-state index in [1.54, 1.807) is 11.3 Å². The second-order valence-corrected chi connectivity index (χ2v) is 6.00. The minimum Gasteiger partial charge on any atom is -0.394 e. The van der Waals surface area contributed by atoms with Crippen LogP contribution in [-0.4, -0.2) is 16.8 Å². The summed E-state index contributed by atoms with van der Waals surface area (Å²) < 4.78 is 2.74. The van der Waals surface area contributed by atoms with Gasteiger partial charge in [-0.05, 0) is 26.0 Å². The topological polar surface area (TPSA) is 47.1 Å². The van der Waals surface area contributed by atoms with Crippen LogP contribution in [0.5, 0.6) is 0 Å². The van der Waals surface area contributed by atoms with Crippen molar-refractivity contribution in [3.63, 3.8) is 0 Å². The second kappa shape index (κ2) is 5.20. The summed E-state index contributed by atoms with van der Waals surface area (Å²) in [6, 6.07) is 3.96. The number of nitrogens with two attached hydrogens (primary N) is 1. The Bertz CT molecular complexity index is 546. The first-order chi connectivity index (χ1) is 8.52. The van der Waals surface area contributed by atoms with Crippen LogP contribution in [0.4, 0.5) is 11.5 Å². The molecule has 0 aliphatic rings. The monoisotopic (exact) mass is 284 g/mol. The minimum absolute atomic E-state index is 0.752. The quantitative estimate of drug-likeness (QED) is 0.938. The van der Waals surface area contributed by atoms with Crippen molar-refractivity contribution in [1.29, 1.82) is 0 Å². The molecule has 2 heterocycles. The van der Waals surface area contributed by atoms with Crippen molar-refractivity contribution >= 4 is 34.4 Å². The summed E-state index contributed by atoms with van der Waals surface area (Å²) in [5.74, 6) is 0.972. The van der Waals surface area contributed by atoms with Crippen molar-refractivity contribution in [2.75, 3.05) is 17.7 Å². The Morgan fingerprint density at radius 1 is 1.50 bits per heavy atom. The lowest BCUT2D eigenvalue weighted by atomic mass is 10.3. The second-order valence-electron chi connectivity index (χ2n) is 4.20. The smallest absolute Gasteiger partial charge is 0.150 e. The van der Waals surface area contributed by atoms with E-state index in [2.05, 4.69) is 16.9 Å². The molecule has 0 saturated heterocycles. The number of nitrogens with zero attached hydrogens (tertiary/aromatic N) is 3. The average Bonchev–Trinajstić information content (AvgIpc) is 2.84. The van der Waals surface area contributed by atoms with Crippen molar-refractivity contribution in [3.8, 4) is 0 Å². The summed E-state index contributed by atoms with van der Waals surface area (Å²) in [4.78, 5) is 3.32. The van der Waals surface area contributed by atoms with Gasteiger partial charge in [0, 0.05) is 18.5 Å². The molecule has 0 amide bonds. The van der Waals surface area contributed by atoms with Gasteiger partial charge in [-0.15, -0.1) is 11.3 Å². The van der Waals surface area contributed by atoms with Crippen LogP contribution in [-0.2, 0) is 13.1 Å². The van der Waals surface area contributed by atoms with Crippen LogP contribution in [0.2, 0.25) is 4.34 Å². The Morgan fingerprint density at radius 3 is 2.78 bits per heavy atom. The first-order valence-corrected chi connectivity index (χ1v) is 7.00. The van der Waals surface area contributed by atoms with Gasteiger partial charge in [-0.25, -0.2) is 4.68 Å². The van der Waals surface area contributed by atoms with Gasteiger partial charge in [0.2, 0.25) is 0 Å². The largest absolute Gasteiger partial charge is 0.394 e. The zero-order valence-corrected chi connectivity index (χ0v) is 12.3.